The van der Waals surface area contributed by atoms with E-state index < -0.39 is 0 Å². The summed E-state index contributed by atoms with van der Waals surface area (Å²) in [5.74, 6) is 0.465. The second-order valence-corrected chi connectivity index (χ2v) is 4.22. The van der Waals surface area contributed by atoms with Gasteiger partial charge in [0.05, 0.1) is 24.0 Å². The number of benzene rings is 1. The average molecular weight is 231 g/mol. The van der Waals surface area contributed by atoms with E-state index in [0.29, 0.717) is 5.92 Å². The Kier molecular flexibility index (Phi) is 3.88. The number of nitrogens with zero attached hydrogens (tertiary/aromatic N) is 2. The predicted octanol–water partition coefficient (Wildman–Crippen LogP) is 2.32. The summed E-state index contributed by atoms with van der Waals surface area (Å²) in [5, 5.41) is 12.6. The Morgan fingerprint density at radius 1 is 1.35 bits per heavy atom. The van der Waals surface area contributed by atoms with Gasteiger partial charge in [-0.25, -0.2) is 0 Å². The minimum Gasteiger partial charge on any atom is -0.384 e. The zero-order valence-electron chi connectivity index (χ0n) is 10.2. The van der Waals surface area contributed by atoms with Crippen molar-refractivity contribution in [1.29, 1.82) is 0 Å². The molecular formula is C13H17N3O. The van der Waals surface area contributed by atoms with Crippen molar-refractivity contribution in [2.45, 2.75) is 6.92 Å². The fourth-order valence-corrected chi connectivity index (χ4v) is 1.78. The fourth-order valence-electron chi connectivity index (χ4n) is 1.78. The molecule has 0 fully saturated rings. The van der Waals surface area contributed by atoms with E-state index in [2.05, 4.69) is 22.4 Å². The lowest BCUT2D eigenvalue weighted by molar-refractivity contribution is 0.164. The summed E-state index contributed by atoms with van der Waals surface area (Å²) in [6, 6.07) is 7.99. The molecule has 0 saturated carbocycles. The molecule has 2 rings (SSSR count). The van der Waals surface area contributed by atoms with Crippen molar-refractivity contribution in [3.8, 4) is 0 Å². The molecule has 1 heterocycles. The van der Waals surface area contributed by atoms with Crippen LogP contribution in [0.3, 0.4) is 0 Å². The summed E-state index contributed by atoms with van der Waals surface area (Å²) in [6.07, 6.45) is 1.77. The number of methoxy groups -OCH3 is 1. The molecule has 0 saturated heterocycles. The van der Waals surface area contributed by atoms with Crippen LogP contribution >= 0.6 is 0 Å². The summed E-state index contributed by atoms with van der Waals surface area (Å²) in [4.78, 5) is 0. The van der Waals surface area contributed by atoms with Gasteiger partial charge in [-0.05, 0) is 12.0 Å². The Balaban J connectivity index is 2.13. The first-order valence-electron chi connectivity index (χ1n) is 5.74. The van der Waals surface area contributed by atoms with Crippen molar-refractivity contribution < 1.29 is 4.74 Å². The first-order chi connectivity index (χ1) is 8.31. The highest BCUT2D eigenvalue weighted by molar-refractivity contribution is 5.90. The maximum absolute atomic E-state index is 5.11. The van der Waals surface area contributed by atoms with E-state index in [4.69, 9.17) is 4.74 Å². The third kappa shape index (κ3) is 2.91. The number of hydrogen-bond donors (Lipinski definition) is 1. The van der Waals surface area contributed by atoms with Gasteiger partial charge in [0.1, 0.15) is 0 Å². The van der Waals surface area contributed by atoms with E-state index >= 15 is 0 Å². The van der Waals surface area contributed by atoms with Crippen molar-refractivity contribution >= 4 is 16.6 Å². The largest absolute Gasteiger partial charge is 0.384 e. The van der Waals surface area contributed by atoms with E-state index in [0.717, 1.165) is 29.7 Å². The molecule has 4 heteroatoms. The van der Waals surface area contributed by atoms with Gasteiger partial charge in [-0.3, -0.25) is 0 Å². The maximum atomic E-state index is 5.11. The number of nitrogens with one attached hydrogen (secondary N) is 1. The molecule has 0 spiro atoms. The summed E-state index contributed by atoms with van der Waals surface area (Å²) in [6.45, 7) is 3.76. The molecule has 1 aromatic heterocycles. The maximum Gasteiger partial charge on any atom is 0.0950 e. The van der Waals surface area contributed by atoms with Crippen molar-refractivity contribution in [3.63, 3.8) is 0 Å². The lowest BCUT2D eigenvalue weighted by Gasteiger charge is -2.13. The smallest absolute Gasteiger partial charge is 0.0950 e. The molecule has 1 N–H and O–H groups in total. The zero-order chi connectivity index (χ0) is 12.1. The summed E-state index contributed by atoms with van der Waals surface area (Å²) in [7, 11) is 1.72. The van der Waals surface area contributed by atoms with Gasteiger partial charge in [0.15, 0.2) is 0 Å². The Hall–Kier alpha value is -1.68. The third-order valence-corrected chi connectivity index (χ3v) is 2.64. The quantitative estimate of drug-likeness (QED) is 0.858. The normalized spacial score (nSPS) is 12.6. The van der Waals surface area contributed by atoms with Crippen LogP contribution < -0.4 is 5.32 Å². The molecule has 0 aliphatic rings. The van der Waals surface area contributed by atoms with Gasteiger partial charge in [-0.2, -0.15) is 10.2 Å². The summed E-state index contributed by atoms with van der Waals surface area (Å²) in [5.41, 5.74) is 1.94. The van der Waals surface area contributed by atoms with E-state index in [1.807, 2.05) is 24.3 Å². The van der Waals surface area contributed by atoms with Gasteiger partial charge in [-0.1, -0.05) is 25.1 Å². The molecule has 0 amide bonds. The average Bonchev–Trinajstić information content (AvgIpc) is 2.36. The molecule has 0 aliphatic heterocycles. The van der Waals surface area contributed by atoms with Gasteiger partial charge >= 0.3 is 0 Å². The molecule has 1 aromatic carbocycles. The van der Waals surface area contributed by atoms with Crippen molar-refractivity contribution in [2.24, 2.45) is 5.92 Å². The minimum atomic E-state index is 0.465. The van der Waals surface area contributed by atoms with Gasteiger partial charge in [0.2, 0.25) is 0 Å². The molecule has 0 aliphatic carbocycles. The minimum absolute atomic E-state index is 0.465. The van der Waals surface area contributed by atoms with Crippen LogP contribution in [0.1, 0.15) is 6.92 Å². The summed E-state index contributed by atoms with van der Waals surface area (Å²) < 4.78 is 5.11. The van der Waals surface area contributed by atoms with E-state index in [1.54, 1.807) is 13.3 Å². The van der Waals surface area contributed by atoms with Crippen LogP contribution in [-0.2, 0) is 4.74 Å². The molecule has 90 valence electrons. The number of anilines is 1. The monoisotopic (exact) mass is 231 g/mol. The van der Waals surface area contributed by atoms with Crippen molar-refractivity contribution in [3.05, 3.63) is 30.5 Å². The highest BCUT2D eigenvalue weighted by atomic mass is 16.5. The molecule has 0 radical (unpaired) electrons. The number of fused-ring (bicyclic) bond motifs is 1. The number of ether oxygens (including phenoxy) is 1. The molecule has 0 bridgehead atoms. The Labute approximate surface area is 101 Å². The highest BCUT2D eigenvalue weighted by Crippen LogP contribution is 2.19. The SMILES string of the molecule is COCC(C)CNc1cnnc2ccccc12. The lowest BCUT2D eigenvalue weighted by Crippen LogP contribution is -2.16. The van der Waals surface area contributed by atoms with Crippen LogP contribution in [0, 0.1) is 5.92 Å². The number of rotatable bonds is 5. The lowest BCUT2D eigenvalue weighted by atomic mass is 10.1. The Bertz CT molecular complexity index is 482. The standard InChI is InChI=1S/C13H17N3O/c1-10(9-17-2)7-14-13-8-15-16-12-6-4-3-5-11(12)13/h3-6,8,10H,7,9H2,1-2H3,(H,14,16). The third-order valence-electron chi connectivity index (χ3n) is 2.64. The topological polar surface area (TPSA) is 47.0 Å². The first kappa shape index (κ1) is 11.8. The van der Waals surface area contributed by atoms with Crippen LogP contribution in [-0.4, -0.2) is 30.5 Å². The van der Waals surface area contributed by atoms with Gasteiger partial charge < -0.3 is 10.1 Å². The van der Waals surface area contributed by atoms with Gasteiger partial charge in [0, 0.05) is 19.0 Å². The summed E-state index contributed by atoms with van der Waals surface area (Å²) >= 11 is 0. The van der Waals surface area contributed by atoms with Crippen LogP contribution in [0.15, 0.2) is 30.5 Å². The Morgan fingerprint density at radius 2 is 2.18 bits per heavy atom. The molecule has 4 nitrogen and oxygen atoms in total. The molecule has 1 atom stereocenters. The van der Waals surface area contributed by atoms with Crippen LogP contribution in [0.5, 0.6) is 0 Å². The van der Waals surface area contributed by atoms with E-state index in [9.17, 15) is 0 Å². The fraction of sp³-hybridized carbons (Fsp3) is 0.385. The second kappa shape index (κ2) is 5.59. The molecule has 2 aromatic rings. The molecule has 1 unspecified atom stereocenters. The highest BCUT2D eigenvalue weighted by Gasteiger charge is 2.04. The Morgan fingerprint density at radius 3 is 3.00 bits per heavy atom. The van der Waals surface area contributed by atoms with Crippen LogP contribution in [0.4, 0.5) is 5.69 Å². The van der Waals surface area contributed by atoms with E-state index in [1.165, 1.54) is 0 Å². The molecular weight excluding hydrogens is 214 g/mol. The molecule has 17 heavy (non-hydrogen) atoms. The van der Waals surface area contributed by atoms with E-state index in [-0.39, 0.29) is 0 Å². The van der Waals surface area contributed by atoms with Crippen molar-refractivity contribution in [1.82, 2.24) is 10.2 Å². The van der Waals surface area contributed by atoms with Crippen LogP contribution in [0.2, 0.25) is 0 Å². The number of aromatic nitrogens is 2. The van der Waals surface area contributed by atoms with Crippen LogP contribution in [0.25, 0.3) is 10.9 Å². The zero-order valence-corrected chi connectivity index (χ0v) is 10.2. The van der Waals surface area contributed by atoms with Crippen molar-refractivity contribution in [2.75, 3.05) is 25.6 Å². The second-order valence-electron chi connectivity index (χ2n) is 4.22. The first-order valence-corrected chi connectivity index (χ1v) is 5.74. The number of hydrogen-bond acceptors (Lipinski definition) is 4. The van der Waals surface area contributed by atoms with Gasteiger partial charge in [-0.15, -0.1) is 0 Å². The van der Waals surface area contributed by atoms with Gasteiger partial charge in [0.25, 0.3) is 0 Å². The predicted molar refractivity (Wildman–Crippen MR) is 69.1 cm³/mol.